The molecule has 1 aromatic carbocycles. The Morgan fingerprint density at radius 1 is 1.20 bits per heavy atom. The van der Waals surface area contributed by atoms with Gasteiger partial charge in [-0.2, -0.15) is 18.3 Å². The Kier molecular flexibility index (Phi) is 5.68. The van der Waals surface area contributed by atoms with E-state index in [1.807, 2.05) is 0 Å². The Morgan fingerprint density at radius 2 is 1.80 bits per heavy atom. The molecule has 12 heteroatoms. The summed E-state index contributed by atoms with van der Waals surface area (Å²) in [5.74, 6) is -2.21. The fourth-order valence-corrected chi connectivity index (χ4v) is 3.63. The molecule has 7 nitrogen and oxygen atoms in total. The Balaban J connectivity index is 1.93. The van der Waals surface area contributed by atoms with E-state index in [1.165, 1.54) is 12.0 Å². The van der Waals surface area contributed by atoms with Crippen molar-refractivity contribution in [1.82, 2.24) is 9.78 Å². The molecule has 0 amide bonds. The predicted octanol–water partition coefficient (Wildman–Crippen LogP) is 3.46. The zero-order valence-electron chi connectivity index (χ0n) is 15.5. The molecule has 0 unspecified atom stereocenters. The summed E-state index contributed by atoms with van der Waals surface area (Å²) in [6.07, 6.45) is -6.08. The molecule has 0 saturated carbocycles. The molecule has 1 saturated heterocycles. The molecule has 2 aromatic rings. The quantitative estimate of drug-likeness (QED) is 0.747. The Hall–Kier alpha value is -3.18. The molecule has 0 aliphatic carbocycles. The Labute approximate surface area is 166 Å². The molecular weight excluding hydrogens is 417 g/mol. The second-order valence-electron chi connectivity index (χ2n) is 6.64. The van der Waals surface area contributed by atoms with E-state index < -0.39 is 46.6 Å². The number of methoxy groups -OCH3 is 1. The number of anilines is 1. The first kappa shape index (κ1) is 21.5. The molecule has 0 bridgehead atoms. The molecule has 1 fully saturated rings. The van der Waals surface area contributed by atoms with E-state index in [0.29, 0.717) is 6.20 Å². The first-order valence-corrected chi connectivity index (χ1v) is 8.76. The summed E-state index contributed by atoms with van der Waals surface area (Å²) in [6.45, 7) is -0.0455. The number of benzene rings is 1. The van der Waals surface area contributed by atoms with Crippen LogP contribution in [-0.4, -0.2) is 41.2 Å². The molecular formula is C18H16F5N3O4. The molecule has 1 aromatic heterocycles. The molecule has 0 radical (unpaired) electrons. The van der Waals surface area contributed by atoms with Gasteiger partial charge in [0.25, 0.3) is 5.56 Å². The largest absolute Gasteiger partial charge is 0.493 e. The van der Waals surface area contributed by atoms with Crippen molar-refractivity contribution in [3.8, 4) is 5.75 Å². The number of piperidine rings is 1. The lowest BCUT2D eigenvalue weighted by atomic mass is 9.88. The summed E-state index contributed by atoms with van der Waals surface area (Å²) in [4.78, 5) is 24.2. The second kappa shape index (κ2) is 7.92. The minimum absolute atomic E-state index is 0.00705. The van der Waals surface area contributed by atoms with E-state index in [0.717, 1.165) is 12.1 Å². The van der Waals surface area contributed by atoms with Crippen molar-refractivity contribution in [2.45, 2.75) is 24.9 Å². The van der Waals surface area contributed by atoms with Gasteiger partial charge in [-0.1, -0.05) is 0 Å². The van der Waals surface area contributed by atoms with Crippen LogP contribution in [0.5, 0.6) is 5.75 Å². The topological polar surface area (TPSA) is 84.7 Å². The van der Waals surface area contributed by atoms with Crippen molar-refractivity contribution < 1.29 is 36.6 Å². The van der Waals surface area contributed by atoms with Crippen LogP contribution >= 0.6 is 0 Å². The lowest BCUT2D eigenvalue weighted by molar-refractivity contribution is -0.138. The van der Waals surface area contributed by atoms with Gasteiger partial charge in [-0.15, -0.1) is 4.68 Å². The number of carboxylic acid groups (broad SMARTS) is 1. The standard InChI is InChI=1S/C18H16F5N3O4/c1-30-15-11(20)3-2-10(19)13(15)9-4-6-25(7-5-9)12-8-24-26(17(28)29)16(27)14(12)18(21,22)23/h2-3,8-9H,4-7H2,1H3,(H,28,29). The maximum atomic E-state index is 14.3. The maximum absolute atomic E-state index is 14.3. The van der Waals surface area contributed by atoms with Gasteiger partial charge in [0.15, 0.2) is 11.6 Å². The number of hydrogen-bond donors (Lipinski definition) is 1. The third-order valence-electron chi connectivity index (χ3n) is 4.97. The molecule has 0 spiro atoms. The summed E-state index contributed by atoms with van der Waals surface area (Å²) >= 11 is 0. The normalized spacial score (nSPS) is 15.3. The third kappa shape index (κ3) is 3.81. The monoisotopic (exact) mass is 433 g/mol. The lowest BCUT2D eigenvalue weighted by Gasteiger charge is -2.35. The van der Waals surface area contributed by atoms with E-state index in [9.17, 15) is 31.5 Å². The summed E-state index contributed by atoms with van der Waals surface area (Å²) in [5, 5.41) is 12.1. The van der Waals surface area contributed by atoms with Gasteiger partial charge in [-0.25, -0.2) is 13.6 Å². The van der Waals surface area contributed by atoms with Gasteiger partial charge in [0.1, 0.15) is 11.4 Å². The van der Waals surface area contributed by atoms with Crippen LogP contribution in [-0.2, 0) is 6.18 Å². The van der Waals surface area contributed by atoms with Crippen LogP contribution in [0.4, 0.5) is 32.4 Å². The Bertz CT molecular complexity index is 1030. The van der Waals surface area contributed by atoms with E-state index in [2.05, 4.69) is 5.10 Å². The molecule has 1 N–H and O–H groups in total. The number of carbonyl (C=O) groups is 1. The van der Waals surface area contributed by atoms with Gasteiger partial charge in [-0.3, -0.25) is 4.79 Å². The van der Waals surface area contributed by atoms with Crippen molar-refractivity contribution in [1.29, 1.82) is 0 Å². The number of hydrogen-bond acceptors (Lipinski definition) is 5. The van der Waals surface area contributed by atoms with Gasteiger partial charge in [0.05, 0.1) is 19.0 Å². The average molecular weight is 433 g/mol. The number of alkyl halides is 3. The SMILES string of the molecule is COc1c(F)ccc(F)c1C1CCN(c2cnn(C(=O)O)c(=O)c2C(F)(F)F)CC1. The Morgan fingerprint density at radius 3 is 2.33 bits per heavy atom. The van der Waals surface area contributed by atoms with Crippen LogP contribution in [0.25, 0.3) is 0 Å². The van der Waals surface area contributed by atoms with Crippen LogP contribution in [0, 0.1) is 11.6 Å². The van der Waals surface area contributed by atoms with Crippen LogP contribution in [0.1, 0.15) is 29.9 Å². The number of rotatable bonds is 3. The molecule has 3 rings (SSSR count). The van der Waals surface area contributed by atoms with E-state index in [4.69, 9.17) is 9.84 Å². The molecule has 162 valence electrons. The zero-order valence-corrected chi connectivity index (χ0v) is 15.5. The highest BCUT2D eigenvalue weighted by Crippen LogP contribution is 2.40. The highest BCUT2D eigenvalue weighted by atomic mass is 19.4. The third-order valence-corrected chi connectivity index (χ3v) is 4.97. The number of ether oxygens (including phenoxy) is 1. The summed E-state index contributed by atoms with van der Waals surface area (Å²) in [5.41, 5.74) is -4.00. The van der Waals surface area contributed by atoms with Crippen LogP contribution < -0.4 is 15.2 Å². The van der Waals surface area contributed by atoms with Crippen LogP contribution in [0.15, 0.2) is 23.1 Å². The highest BCUT2D eigenvalue weighted by molar-refractivity contribution is 5.68. The predicted molar refractivity (Wildman–Crippen MR) is 94.0 cm³/mol. The fraction of sp³-hybridized carbons (Fsp3) is 0.389. The first-order valence-electron chi connectivity index (χ1n) is 8.76. The van der Waals surface area contributed by atoms with Crippen molar-refractivity contribution in [3.05, 3.63) is 51.4 Å². The van der Waals surface area contributed by atoms with Crippen molar-refractivity contribution >= 4 is 11.8 Å². The number of aromatic nitrogens is 2. The van der Waals surface area contributed by atoms with Gasteiger partial charge < -0.3 is 14.7 Å². The molecule has 2 heterocycles. The van der Waals surface area contributed by atoms with E-state index in [1.54, 1.807) is 0 Å². The average Bonchev–Trinajstić information content (AvgIpc) is 2.68. The van der Waals surface area contributed by atoms with E-state index >= 15 is 0 Å². The lowest BCUT2D eigenvalue weighted by Crippen LogP contribution is -2.40. The summed E-state index contributed by atoms with van der Waals surface area (Å²) in [6, 6.07) is 1.88. The minimum Gasteiger partial charge on any atom is -0.493 e. The minimum atomic E-state index is -5.11. The molecule has 0 atom stereocenters. The number of nitrogens with zero attached hydrogens (tertiary/aromatic N) is 3. The van der Waals surface area contributed by atoms with Crippen molar-refractivity contribution in [2.75, 3.05) is 25.1 Å². The molecule has 1 aliphatic heterocycles. The molecule has 1 aliphatic rings. The molecule has 30 heavy (non-hydrogen) atoms. The highest BCUT2D eigenvalue weighted by Gasteiger charge is 2.41. The van der Waals surface area contributed by atoms with Crippen molar-refractivity contribution in [3.63, 3.8) is 0 Å². The maximum Gasteiger partial charge on any atom is 0.435 e. The van der Waals surface area contributed by atoms with Gasteiger partial charge in [0.2, 0.25) is 0 Å². The van der Waals surface area contributed by atoms with Gasteiger partial charge in [-0.05, 0) is 30.9 Å². The fourth-order valence-electron chi connectivity index (χ4n) is 3.63. The smallest absolute Gasteiger partial charge is 0.435 e. The van der Waals surface area contributed by atoms with Crippen LogP contribution in [0.3, 0.4) is 0 Å². The first-order chi connectivity index (χ1) is 14.1. The number of halogens is 5. The van der Waals surface area contributed by atoms with Gasteiger partial charge >= 0.3 is 12.3 Å². The summed E-state index contributed by atoms with van der Waals surface area (Å²) < 4.78 is 73.3. The zero-order chi connectivity index (χ0) is 22.2. The van der Waals surface area contributed by atoms with Gasteiger partial charge in [0, 0.05) is 18.7 Å². The summed E-state index contributed by atoms with van der Waals surface area (Å²) in [7, 11) is 1.19. The van der Waals surface area contributed by atoms with Crippen LogP contribution in [0.2, 0.25) is 0 Å². The second-order valence-corrected chi connectivity index (χ2v) is 6.64. The van der Waals surface area contributed by atoms with Crippen molar-refractivity contribution in [2.24, 2.45) is 0 Å². The van der Waals surface area contributed by atoms with E-state index in [-0.39, 0.29) is 41.9 Å².